The molecule has 1 fully saturated rings. The first-order valence-electron chi connectivity index (χ1n) is 9.23. The fourth-order valence-corrected chi connectivity index (χ4v) is 3.28. The van der Waals surface area contributed by atoms with Gasteiger partial charge in [0.2, 0.25) is 0 Å². The van der Waals surface area contributed by atoms with Crippen LogP contribution in [0.15, 0.2) is 53.5 Å². The Kier molecular flexibility index (Phi) is 6.96. The molecule has 1 aliphatic rings. The van der Waals surface area contributed by atoms with Crippen LogP contribution in [0.3, 0.4) is 0 Å². The van der Waals surface area contributed by atoms with Gasteiger partial charge in [-0.1, -0.05) is 35.9 Å². The fourth-order valence-electron chi connectivity index (χ4n) is 3.15. The number of aliphatic imine (C=N–C) groups is 1. The van der Waals surface area contributed by atoms with Crippen molar-refractivity contribution in [1.82, 2.24) is 10.2 Å². The largest absolute Gasteiger partial charge is 0.378 e. The SMILES string of the molecule is CN=C(NCc1ccc(N2CCOCC2)cc1)N(C)Cc1ccc(Cl)cc1. The number of hydrogen-bond acceptors (Lipinski definition) is 3. The second-order valence-corrected chi connectivity index (χ2v) is 7.09. The minimum absolute atomic E-state index is 0.737. The molecule has 5 nitrogen and oxygen atoms in total. The molecule has 2 aromatic rings. The summed E-state index contributed by atoms with van der Waals surface area (Å²) in [6, 6.07) is 16.6. The number of rotatable bonds is 5. The Bertz CT molecular complexity index is 740. The van der Waals surface area contributed by atoms with Gasteiger partial charge in [-0.2, -0.15) is 0 Å². The monoisotopic (exact) mass is 386 g/mol. The third kappa shape index (κ3) is 5.62. The van der Waals surface area contributed by atoms with Crippen LogP contribution < -0.4 is 10.2 Å². The zero-order valence-corrected chi connectivity index (χ0v) is 16.7. The minimum atomic E-state index is 0.737. The number of benzene rings is 2. The van der Waals surface area contributed by atoms with Crippen molar-refractivity contribution in [2.75, 3.05) is 45.3 Å². The average Bonchev–Trinajstić information content (AvgIpc) is 2.71. The molecule has 1 N–H and O–H groups in total. The van der Waals surface area contributed by atoms with Gasteiger partial charge in [0.05, 0.1) is 13.2 Å². The number of nitrogens with one attached hydrogen (secondary N) is 1. The molecular weight excluding hydrogens is 360 g/mol. The quantitative estimate of drug-likeness (QED) is 0.631. The van der Waals surface area contributed by atoms with Gasteiger partial charge in [-0.05, 0) is 35.4 Å². The third-order valence-electron chi connectivity index (χ3n) is 4.67. The van der Waals surface area contributed by atoms with Gasteiger partial charge in [0.15, 0.2) is 5.96 Å². The minimum Gasteiger partial charge on any atom is -0.378 e. The highest BCUT2D eigenvalue weighted by Crippen LogP contribution is 2.17. The summed E-state index contributed by atoms with van der Waals surface area (Å²) in [6.45, 7) is 5.03. The van der Waals surface area contributed by atoms with Crippen molar-refractivity contribution in [2.24, 2.45) is 4.99 Å². The Morgan fingerprint density at radius 3 is 2.33 bits per heavy atom. The van der Waals surface area contributed by atoms with Crippen molar-refractivity contribution in [3.63, 3.8) is 0 Å². The van der Waals surface area contributed by atoms with Crippen LogP contribution in [0.1, 0.15) is 11.1 Å². The van der Waals surface area contributed by atoms with Gasteiger partial charge in [0.25, 0.3) is 0 Å². The number of ether oxygens (including phenoxy) is 1. The van der Waals surface area contributed by atoms with Gasteiger partial charge in [0, 0.05) is 51.0 Å². The third-order valence-corrected chi connectivity index (χ3v) is 4.92. The van der Waals surface area contributed by atoms with E-state index in [4.69, 9.17) is 16.3 Å². The Hall–Kier alpha value is -2.24. The van der Waals surface area contributed by atoms with Crippen LogP contribution in [0.4, 0.5) is 5.69 Å². The standard InChI is InChI=1S/C21H27ClN4O/c1-23-21(25(2)16-18-3-7-19(22)8-4-18)24-15-17-5-9-20(10-6-17)26-11-13-27-14-12-26/h3-10H,11-16H2,1-2H3,(H,23,24). The lowest BCUT2D eigenvalue weighted by Gasteiger charge is -2.29. The number of halogens is 1. The summed E-state index contributed by atoms with van der Waals surface area (Å²) in [7, 11) is 3.84. The molecule has 1 aliphatic heterocycles. The summed E-state index contributed by atoms with van der Waals surface area (Å²) in [6.07, 6.45) is 0. The van der Waals surface area contributed by atoms with E-state index in [0.717, 1.165) is 50.4 Å². The van der Waals surface area contributed by atoms with E-state index in [2.05, 4.69) is 44.4 Å². The van der Waals surface area contributed by atoms with Crippen LogP contribution in [0, 0.1) is 0 Å². The number of nitrogens with zero attached hydrogens (tertiary/aromatic N) is 3. The summed E-state index contributed by atoms with van der Waals surface area (Å²) >= 11 is 5.96. The lowest BCUT2D eigenvalue weighted by Crippen LogP contribution is -2.38. The lowest BCUT2D eigenvalue weighted by molar-refractivity contribution is 0.122. The number of morpholine rings is 1. The fraction of sp³-hybridized carbons (Fsp3) is 0.381. The molecule has 0 saturated carbocycles. The van der Waals surface area contributed by atoms with Gasteiger partial charge >= 0.3 is 0 Å². The molecule has 0 aromatic heterocycles. The molecular formula is C21H27ClN4O. The second kappa shape index (κ2) is 9.62. The maximum Gasteiger partial charge on any atom is 0.193 e. The van der Waals surface area contributed by atoms with E-state index in [1.54, 1.807) is 0 Å². The molecule has 0 spiro atoms. The van der Waals surface area contributed by atoms with E-state index in [1.807, 2.05) is 38.4 Å². The van der Waals surface area contributed by atoms with Crippen molar-refractivity contribution in [2.45, 2.75) is 13.1 Å². The van der Waals surface area contributed by atoms with Crippen molar-refractivity contribution in [3.8, 4) is 0 Å². The number of anilines is 1. The maximum absolute atomic E-state index is 5.96. The molecule has 3 rings (SSSR count). The average molecular weight is 387 g/mol. The molecule has 0 bridgehead atoms. The Labute approximate surface area is 166 Å². The molecule has 0 amide bonds. The normalized spacial score (nSPS) is 14.9. The van der Waals surface area contributed by atoms with Crippen LogP contribution >= 0.6 is 11.6 Å². The first-order chi connectivity index (χ1) is 13.2. The van der Waals surface area contributed by atoms with Crippen LogP contribution in [0.5, 0.6) is 0 Å². The topological polar surface area (TPSA) is 40.1 Å². The van der Waals surface area contributed by atoms with E-state index < -0.39 is 0 Å². The van der Waals surface area contributed by atoms with E-state index in [1.165, 1.54) is 16.8 Å². The van der Waals surface area contributed by atoms with E-state index in [0.29, 0.717) is 0 Å². The van der Waals surface area contributed by atoms with Crippen LogP contribution in [0.2, 0.25) is 5.02 Å². The van der Waals surface area contributed by atoms with E-state index >= 15 is 0 Å². The zero-order valence-electron chi connectivity index (χ0n) is 16.0. The van der Waals surface area contributed by atoms with Gasteiger partial charge in [-0.25, -0.2) is 0 Å². The Morgan fingerprint density at radius 2 is 1.70 bits per heavy atom. The summed E-state index contributed by atoms with van der Waals surface area (Å²) < 4.78 is 5.42. The highest BCUT2D eigenvalue weighted by atomic mass is 35.5. The summed E-state index contributed by atoms with van der Waals surface area (Å²) in [5.74, 6) is 0.863. The molecule has 0 radical (unpaired) electrons. The van der Waals surface area contributed by atoms with Gasteiger partial charge in [-0.3, -0.25) is 4.99 Å². The first kappa shape index (κ1) is 19.5. The predicted octanol–water partition coefficient (Wildman–Crippen LogP) is 3.38. The van der Waals surface area contributed by atoms with Gasteiger partial charge in [-0.15, -0.1) is 0 Å². The Balaban J connectivity index is 1.53. The summed E-state index contributed by atoms with van der Waals surface area (Å²) in [4.78, 5) is 8.85. The molecule has 1 heterocycles. The Morgan fingerprint density at radius 1 is 1.07 bits per heavy atom. The number of hydrogen-bond donors (Lipinski definition) is 1. The molecule has 27 heavy (non-hydrogen) atoms. The summed E-state index contributed by atoms with van der Waals surface area (Å²) in [5, 5.41) is 4.19. The molecule has 0 atom stereocenters. The first-order valence-corrected chi connectivity index (χ1v) is 9.61. The lowest BCUT2D eigenvalue weighted by atomic mass is 10.2. The molecule has 0 aliphatic carbocycles. The van der Waals surface area contributed by atoms with Gasteiger partial charge in [0.1, 0.15) is 0 Å². The predicted molar refractivity (Wildman–Crippen MR) is 113 cm³/mol. The van der Waals surface area contributed by atoms with Crippen molar-refractivity contribution in [1.29, 1.82) is 0 Å². The van der Waals surface area contributed by atoms with Crippen LogP contribution in [0.25, 0.3) is 0 Å². The van der Waals surface area contributed by atoms with Crippen LogP contribution in [-0.2, 0) is 17.8 Å². The molecule has 2 aromatic carbocycles. The second-order valence-electron chi connectivity index (χ2n) is 6.65. The number of guanidine groups is 1. The van der Waals surface area contributed by atoms with E-state index in [-0.39, 0.29) is 0 Å². The van der Waals surface area contributed by atoms with Crippen molar-refractivity contribution >= 4 is 23.2 Å². The maximum atomic E-state index is 5.96. The van der Waals surface area contributed by atoms with Crippen LogP contribution in [-0.4, -0.2) is 51.3 Å². The van der Waals surface area contributed by atoms with Crippen molar-refractivity contribution in [3.05, 3.63) is 64.7 Å². The summed E-state index contributed by atoms with van der Waals surface area (Å²) in [5.41, 5.74) is 3.68. The van der Waals surface area contributed by atoms with E-state index in [9.17, 15) is 0 Å². The molecule has 144 valence electrons. The van der Waals surface area contributed by atoms with Crippen molar-refractivity contribution < 1.29 is 4.74 Å². The smallest absolute Gasteiger partial charge is 0.193 e. The zero-order chi connectivity index (χ0) is 19.1. The molecule has 6 heteroatoms. The molecule has 1 saturated heterocycles. The van der Waals surface area contributed by atoms with Gasteiger partial charge < -0.3 is 19.9 Å². The highest BCUT2D eigenvalue weighted by molar-refractivity contribution is 6.30. The highest BCUT2D eigenvalue weighted by Gasteiger charge is 2.11. The molecule has 0 unspecified atom stereocenters.